The minimum absolute atomic E-state index is 0.0108. The second-order valence-corrected chi connectivity index (χ2v) is 7.55. The van der Waals surface area contributed by atoms with Gasteiger partial charge in [0.25, 0.3) is 0 Å². The Labute approximate surface area is 167 Å². The van der Waals surface area contributed by atoms with Crippen molar-refractivity contribution in [2.75, 3.05) is 12.4 Å². The summed E-state index contributed by atoms with van der Waals surface area (Å²) in [5.41, 5.74) is 2.98. The summed E-state index contributed by atoms with van der Waals surface area (Å²) in [6, 6.07) is 18.2. The van der Waals surface area contributed by atoms with Crippen LogP contribution in [0.2, 0.25) is 0 Å². The molecule has 1 atom stereocenters. The van der Waals surface area contributed by atoms with Crippen molar-refractivity contribution < 1.29 is 9.84 Å². The van der Waals surface area contributed by atoms with Crippen LogP contribution in [0.25, 0.3) is 20.7 Å². The molecule has 0 aliphatic heterocycles. The summed E-state index contributed by atoms with van der Waals surface area (Å²) in [4.78, 5) is 10.8. The Morgan fingerprint density at radius 3 is 2.68 bits per heavy atom. The summed E-state index contributed by atoms with van der Waals surface area (Å²) < 4.78 is 5.52. The van der Waals surface area contributed by atoms with Gasteiger partial charge in [0.05, 0.1) is 19.1 Å². The van der Waals surface area contributed by atoms with E-state index in [-0.39, 0.29) is 12.6 Å². The van der Waals surface area contributed by atoms with Crippen molar-refractivity contribution >= 4 is 27.4 Å². The number of rotatable bonds is 6. The van der Waals surface area contributed by atoms with Gasteiger partial charge in [0.1, 0.15) is 22.7 Å². The van der Waals surface area contributed by atoms with E-state index >= 15 is 0 Å². The SMILES string of the molecule is COc1ccc(CO)cc1-c1cc2c(N[C@H](C)c3ccccc3)ncnc2s1. The summed E-state index contributed by atoms with van der Waals surface area (Å²) >= 11 is 1.58. The van der Waals surface area contributed by atoms with Gasteiger partial charge in [-0.05, 0) is 36.2 Å². The molecule has 0 fully saturated rings. The molecule has 0 unspecified atom stereocenters. The third-order valence-corrected chi connectivity index (χ3v) is 5.77. The summed E-state index contributed by atoms with van der Waals surface area (Å²) in [7, 11) is 1.65. The zero-order valence-corrected chi connectivity index (χ0v) is 16.5. The second-order valence-electron chi connectivity index (χ2n) is 6.52. The van der Waals surface area contributed by atoms with Crippen LogP contribution in [0.3, 0.4) is 0 Å². The second kappa shape index (κ2) is 7.96. The average Bonchev–Trinajstić information content (AvgIpc) is 3.19. The molecule has 5 nitrogen and oxygen atoms in total. The lowest BCUT2D eigenvalue weighted by atomic mass is 10.1. The molecule has 142 valence electrons. The number of anilines is 1. The zero-order chi connectivity index (χ0) is 19.5. The molecule has 0 saturated carbocycles. The smallest absolute Gasteiger partial charge is 0.138 e. The molecule has 4 rings (SSSR count). The Hall–Kier alpha value is -2.96. The van der Waals surface area contributed by atoms with Gasteiger partial charge in [0.15, 0.2) is 0 Å². The van der Waals surface area contributed by atoms with E-state index in [1.807, 2.05) is 36.4 Å². The van der Waals surface area contributed by atoms with Crippen LogP contribution in [0.4, 0.5) is 5.82 Å². The normalized spacial score (nSPS) is 12.1. The third kappa shape index (κ3) is 3.56. The Morgan fingerprint density at radius 1 is 1.11 bits per heavy atom. The van der Waals surface area contributed by atoms with Crippen LogP contribution in [-0.2, 0) is 6.61 Å². The number of benzene rings is 2. The average molecular weight is 391 g/mol. The number of ether oxygens (including phenoxy) is 1. The maximum atomic E-state index is 9.49. The molecule has 2 heterocycles. The van der Waals surface area contributed by atoms with Gasteiger partial charge in [0.2, 0.25) is 0 Å². The van der Waals surface area contributed by atoms with Crippen LogP contribution in [0.15, 0.2) is 60.9 Å². The topological polar surface area (TPSA) is 67.3 Å². The van der Waals surface area contributed by atoms with E-state index in [9.17, 15) is 5.11 Å². The minimum atomic E-state index is -0.0108. The number of aliphatic hydroxyl groups is 1. The highest BCUT2D eigenvalue weighted by atomic mass is 32.1. The Kier molecular flexibility index (Phi) is 5.23. The third-order valence-electron chi connectivity index (χ3n) is 4.69. The molecule has 28 heavy (non-hydrogen) atoms. The zero-order valence-electron chi connectivity index (χ0n) is 15.7. The van der Waals surface area contributed by atoms with E-state index in [1.54, 1.807) is 24.8 Å². The molecular weight excluding hydrogens is 370 g/mol. The van der Waals surface area contributed by atoms with Crippen molar-refractivity contribution in [2.24, 2.45) is 0 Å². The van der Waals surface area contributed by atoms with E-state index in [0.717, 1.165) is 37.8 Å². The van der Waals surface area contributed by atoms with Gasteiger partial charge in [-0.15, -0.1) is 11.3 Å². The van der Waals surface area contributed by atoms with Gasteiger partial charge in [-0.3, -0.25) is 0 Å². The van der Waals surface area contributed by atoms with Gasteiger partial charge in [-0.1, -0.05) is 36.4 Å². The molecule has 0 aliphatic carbocycles. The molecular formula is C22H21N3O2S. The van der Waals surface area contributed by atoms with Gasteiger partial charge >= 0.3 is 0 Å². The first kappa shape index (κ1) is 18.4. The standard InChI is InChI=1S/C22H21N3O2S/c1-14(16-6-4-3-5-7-16)25-21-18-11-20(28-22(18)24-13-23-21)17-10-15(12-26)8-9-19(17)27-2/h3-11,13-14,26H,12H2,1-2H3,(H,23,24,25)/t14-/m1/s1. The summed E-state index contributed by atoms with van der Waals surface area (Å²) in [5, 5.41) is 14.0. The number of aromatic nitrogens is 2. The van der Waals surface area contributed by atoms with Crippen molar-refractivity contribution in [1.82, 2.24) is 9.97 Å². The van der Waals surface area contributed by atoms with Crippen molar-refractivity contribution in [3.05, 3.63) is 72.1 Å². The Balaban J connectivity index is 1.74. The Morgan fingerprint density at radius 2 is 1.93 bits per heavy atom. The number of aliphatic hydroxyl groups excluding tert-OH is 1. The number of hydrogen-bond acceptors (Lipinski definition) is 6. The number of nitrogens with zero attached hydrogens (tertiary/aromatic N) is 2. The molecule has 0 aliphatic rings. The largest absolute Gasteiger partial charge is 0.496 e. The van der Waals surface area contributed by atoms with Gasteiger partial charge < -0.3 is 15.2 Å². The molecule has 0 radical (unpaired) electrons. The molecule has 0 amide bonds. The summed E-state index contributed by atoms with van der Waals surface area (Å²) in [5.74, 6) is 1.57. The monoisotopic (exact) mass is 391 g/mol. The van der Waals surface area contributed by atoms with Crippen LogP contribution < -0.4 is 10.1 Å². The quantitative estimate of drug-likeness (QED) is 0.482. The lowest BCUT2D eigenvalue weighted by Gasteiger charge is -2.15. The molecule has 0 saturated heterocycles. The van der Waals surface area contributed by atoms with Gasteiger partial charge in [-0.2, -0.15) is 0 Å². The number of thiophene rings is 1. The first-order chi connectivity index (χ1) is 13.7. The van der Waals surface area contributed by atoms with E-state index < -0.39 is 0 Å². The van der Waals surface area contributed by atoms with Crippen LogP contribution in [0.1, 0.15) is 24.1 Å². The molecule has 0 spiro atoms. The molecule has 4 aromatic rings. The minimum Gasteiger partial charge on any atom is -0.496 e. The molecule has 2 aromatic carbocycles. The molecule has 6 heteroatoms. The number of nitrogens with one attached hydrogen (secondary N) is 1. The van der Waals surface area contributed by atoms with E-state index in [1.165, 1.54) is 5.56 Å². The maximum Gasteiger partial charge on any atom is 0.138 e. The van der Waals surface area contributed by atoms with E-state index in [0.29, 0.717) is 0 Å². The van der Waals surface area contributed by atoms with E-state index in [4.69, 9.17) is 4.74 Å². The fourth-order valence-corrected chi connectivity index (χ4v) is 4.20. The maximum absolute atomic E-state index is 9.49. The van der Waals surface area contributed by atoms with Crippen molar-refractivity contribution in [1.29, 1.82) is 0 Å². The van der Waals surface area contributed by atoms with Crippen molar-refractivity contribution in [2.45, 2.75) is 19.6 Å². The van der Waals surface area contributed by atoms with Gasteiger partial charge in [0, 0.05) is 16.5 Å². The molecule has 0 bridgehead atoms. The first-order valence-corrected chi connectivity index (χ1v) is 9.85. The van der Waals surface area contributed by atoms with Crippen molar-refractivity contribution in [3.63, 3.8) is 0 Å². The van der Waals surface area contributed by atoms with Crippen LogP contribution in [0.5, 0.6) is 5.75 Å². The number of fused-ring (bicyclic) bond motifs is 1. The highest BCUT2D eigenvalue weighted by Gasteiger charge is 2.15. The molecule has 2 N–H and O–H groups in total. The number of methoxy groups -OCH3 is 1. The van der Waals surface area contributed by atoms with Crippen molar-refractivity contribution in [3.8, 4) is 16.2 Å². The van der Waals surface area contributed by atoms with Crippen LogP contribution >= 0.6 is 11.3 Å². The fraction of sp³-hybridized carbons (Fsp3) is 0.182. The predicted octanol–water partition coefficient (Wildman–Crippen LogP) is 5.03. The fourth-order valence-electron chi connectivity index (χ4n) is 3.18. The lowest BCUT2D eigenvalue weighted by Crippen LogP contribution is -2.08. The number of hydrogen-bond donors (Lipinski definition) is 2. The van der Waals surface area contributed by atoms with Crippen LogP contribution in [0, 0.1) is 0 Å². The Bertz CT molecular complexity index is 1100. The van der Waals surface area contributed by atoms with Crippen LogP contribution in [-0.4, -0.2) is 22.2 Å². The predicted molar refractivity (Wildman–Crippen MR) is 114 cm³/mol. The highest BCUT2D eigenvalue weighted by molar-refractivity contribution is 7.22. The first-order valence-electron chi connectivity index (χ1n) is 9.03. The summed E-state index contributed by atoms with van der Waals surface area (Å²) in [6.45, 7) is 2.10. The molecule has 2 aromatic heterocycles. The van der Waals surface area contributed by atoms with E-state index in [2.05, 4.69) is 40.4 Å². The highest BCUT2D eigenvalue weighted by Crippen LogP contribution is 2.40. The van der Waals surface area contributed by atoms with Gasteiger partial charge in [-0.25, -0.2) is 9.97 Å². The summed E-state index contributed by atoms with van der Waals surface area (Å²) in [6.07, 6.45) is 1.59. The lowest BCUT2D eigenvalue weighted by molar-refractivity contribution is 0.281.